The van der Waals surface area contributed by atoms with E-state index in [1.807, 2.05) is 12.1 Å². The summed E-state index contributed by atoms with van der Waals surface area (Å²) in [5.74, 6) is 0.788. The highest BCUT2D eigenvalue weighted by Gasteiger charge is 2.22. The quantitative estimate of drug-likeness (QED) is 0.628. The number of nitrogen functional groups attached to an aromatic ring is 1. The zero-order valence-corrected chi connectivity index (χ0v) is 10.1. The first-order valence-electron chi connectivity index (χ1n) is 6.24. The maximum atomic E-state index is 10.0. The molecule has 1 aliphatic carbocycles. The summed E-state index contributed by atoms with van der Waals surface area (Å²) in [6.45, 7) is 0. The van der Waals surface area contributed by atoms with Crippen molar-refractivity contribution in [1.29, 1.82) is 0 Å². The summed E-state index contributed by atoms with van der Waals surface area (Å²) in [5, 5.41) is 18.1. The van der Waals surface area contributed by atoms with Crippen molar-refractivity contribution in [3.8, 4) is 17.1 Å². The molecule has 0 bridgehead atoms. The Hall–Kier alpha value is -2.04. The van der Waals surface area contributed by atoms with Gasteiger partial charge in [0.05, 0.1) is 11.3 Å². The van der Waals surface area contributed by atoms with E-state index in [2.05, 4.69) is 14.8 Å². The molecule has 5 nitrogen and oxygen atoms in total. The first-order chi connectivity index (χ1) is 8.77. The molecule has 1 aromatic heterocycles. The Morgan fingerprint density at radius 2 is 2.06 bits per heavy atom. The Morgan fingerprint density at radius 3 is 2.83 bits per heavy atom. The van der Waals surface area contributed by atoms with E-state index < -0.39 is 0 Å². The lowest BCUT2D eigenvalue weighted by molar-refractivity contribution is 0.476. The van der Waals surface area contributed by atoms with Crippen LogP contribution in [-0.2, 0) is 0 Å². The van der Waals surface area contributed by atoms with Crippen molar-refractivity contribution in [2.75, 3.05) is 5.73 Å². The van der Waals surface area contributed by atoms with Crippen molar-refractivity contribution in [1.82, 2.24) is 14.8 Å². The second kappa shape index (κ2) is 4.33. The number of hydrogen-bond donors (Lipinski definition) is 2. The predicted octanol–water partition coefficient (Wildman–Crippen LogP) is 2.35. The number of aromatic nitrogens is 3. The van der Waals surface area contributed by atoms with E-state index in [4.69, 9.17) is 5.73 Å². The van der Waals surface area contributed by atoms with Gasteiger partial charge in [0.2, 0.25) is 0 Å². The van der Waals surface area contributed by atoms with Crippen molar-refractivity contribution in [3.05, 3.63) is 24.5 Å². The fourth-order valence-electron chi connectivity index (χ4n) is 2.63. The molecule has 0 radical (unpaired) electrons. The first-order valence-corrected chi connectivity index (χ1v) is 6.24. The van der Waals surface area contributed by atoms with Crippen LogP contribution in [0.3, 0.4) is 0 Å². The van der Waals surface area contributed by atoms with Crippen LogP contribution >= 0.6 is 0 Å². The van der Waals surface area contributed by atoms with Crippen LogP contribution in [0.25, 0.3) is 11.4 Å². The lowest BCUT2D eigenvalue weighted by Crippen LogP contribution is -2.05. The summed E-state index contributed by atoms with van der Waals surface area (Å²) in [4.78, 5) is 0. The molecule has 0 aliphatic heterocycles. The molecule has 3 rings (SSSR count). The highest BCUT2D eigenvalue weighted by Crippen LogP contribution is 2.36. The standard InChI is InChI=1S/C13H16N4O/c14-11-7-3-6-10(12(11)18)13-16-15-8-17(13)9-4-1-2-5-9/h3,6-9,18H,1-2,4-5,14H2. The molecule has 1 aromatic carbocycles. The van der Waals surface area contributed by atoms with E-state index in [0.29, 0.717) is 23.1 Å². The Labute approximate surface area is 105 Å². The minimum absolute atomic E-state index is 0.0877. The van der Waals surface area contributed by atoms with Gasteiger partial charge in [-0.15, -0.1) is 10.2 Å². The van der Waals surface area contributed by atoms with Crippen LogP contribution in [0.15, 0.2) is 24.5 Å². The van der Waals surface area contributed by atoms with Crippen LogP contribution in [0.5, 0.6) is 5.75 Å². The van der Waals surface area contributed by atoms with Gasteiger partial charge in [0.25, 0.3) is 0 Å². The van der Waals surface area contributed by atoms with Crippen molar-refractivity contribution < 1.29 is 5.11 Å². The molecular weight excluding hydrogens is 228 g/mol. The van der Waals surface area contributed by atoms with Gasteiger partial charge in [-0.05, 0) is 25.0 Å². The third kappa shape index (κ3) is 1.72. The Bertz CT molecular complexity index is 558. The van der Waals surface area contributed by atoms with Gasteiger partial charge in [0.15, 0.2) is 5.82 Å². The number of benzene rings is 1. The average Bonchev–Trinajstić information content (AvgIpc) is 3.01. The van der Waals surface area contributed by atoms with E-state index in [9.17, 15) is 5.11 Å². The Morgan fingerprint density at radius 1 is 1.28 bits per heavy atom. The summed E-state index contributed by atoms with van der Waals surface area (Å²) >= 11 is 0. The number of nitrogens with zero attached hydrogens (tertiary/aromatic N) is 3. The molecule has 18 heavy (non-hydrogen) atoms. The van der Waals surface area contributed by atoms with Crippen LogP contribution in [0.2, 0.25) is 0 Å². The van der Waals surface area contributed by atoms with Gasteiger partial charge in [-0.3, -0.25) is 0 Å². The van der Waals surface area contributed by atoms with Crippen molar-refractivity contribution in [2.24, 2.45) is 0 Å². The Kier molecular flexibility index (Phi) is 2.66. The molecule has 5 heteroatoms. The maximum absolute atomic E-state index is 10.0. The number of rotatable bonds is 2. The topological polar surface area (TPSA) is 77.0 Å². The number of phenolic OH excluding ortho intramolecular Hbond substituents is 1. The van der Waals surface area contributed by atoms with Gasteiger partial charge in [0, 0.05) is 6.04 Å². The number of anilines is 1. The van der Waals surface area contributed by atoms with Gasteiger partial charge >= 0.3 is 0 Å². The van der Waals surface area contributed by atoms with Crippen LogP contribution in [-0.4, -0.2) is 19.9 Å². The van der Waals surface area contributed by atoms with Crippen LogP contribution in [0.1, 0.15) is 31.7 Å². The molecule has 1 heterocycles. The van der Waals surface area contributed by atoms with E-state index >= 15 is 0 Å². The van der Waals surface area contributed by atoms with Crippen LogP contribution < -0.4 is 5.73 Å². The summed E-state index contributed by atoms with van der Waals surface area (Å²) in [5.41, 5.74) is 6.74. The monoisotopic (exact) mass is 244 g/mol. The predicted molar refractivity (Wildman–Crippen MR) is 69.0 cm³/mol. The molecule has 0 amide bonds. The number of hydrogen-bond acceptors (Lipinski definition) is 4. The van der Waals surface area contributed by atoms with Gasteiger partial charge < -0.3 is 15.4 Å². The SMILES string of the molecule is Nc1cccc(-c2nncn2C2CCCC2)c1O. The number of para-hydroxylation sites is 1. The molecule has 3 N–H and O–H groups in total. The molecule has 0 spiro atoms. The summed E-state index contributed by atoms with van der Waals surface area (Å²) < 4.78 is 2.06. The number of nitrogens with two attached hydrogens (primary N) is 1. The van der Waals surface area contributed by atoms with Crippen molar-refractivity contribution in [3.63, 3.8) is 0 Å². The third-order valence-corrected chi connectivity index (χ3v) is 3.60. The minimum Gasteiger partial charge on any atom is -0.505 e. The number of aromatic hydroxyl groups is 1. The summed E-state index contributed by atoms with van der Waals surface area (Å²) in [6.07, 6.45) is 6.52. The molecule has 1 saturated carbocycles. The largest absolute Gasteiger partial charge is 0.505 e. The van der Waals surface area contributed by atoms with E-state index in [0.717, 1.165) is 12.8 Å². The molecule has 0 unspecified atom stereocenters. The molecule has 1 aliphatic rings. The van der Waals surface area contributed by atoms with Gasteiger partial charge in [-0.25, -0.2) is 0 Å². The average molecular weight is 244 g/mol. The zero-order chi connectivity index (χ0) is 12.5. The second-order valence-electron chi connectivity index (χ2n) is 4.74. The highest BCUT2D eigenvalue weighted by molar-refractivity contribution is 5.72. The first kappa shape index (κ1) is 11.1. The molecule has 2 aromatic rings. The third-order valence-electron chi connectivity index (χ3n) is 3.60. The second-order valence-corrected chi connectivity index (χ2v) is 4.74. The summed E-state index contributed by atoms with van der Waals surface area (Å²) in [6, 6.07) is 5.75. The van der Waals surface area contributed by atoms with E-state index in [1.165, 1.54) is 12.8 Å². The fraction of sp³-hybridized carbons (Fsp3) is 0.385. The minimum atomic E-state index is 0.0877. The van der Waals surface area contributed by atoms with Gasteiger partial charge in [0.1, 0.15) is 12.1 Å². The van der Waals surface area contributed by atoms with E-state index in [1.54, 1.807) is 12.4 Å². The summed E-state index contributed by atoms with van der Waals surface area (Å²) in [7, 11) is 0. The molecule has 1 fully saturated rings. The maximum Gasteiger partial charge on any atom is 0.167 e. The smallest absolute Gasteiger partial charge is 0.167 e. The highest BCUT2D eigenvalue weighted by atomic mass is 16.3. The molecule has 0 atom stereocenters. The lowest BCUT2D eigenvalue weighted by atomic mass is 10.1. The zero-order valence-electron chi connectivity index (χ0n) is 10.1. The molecule has 94 valence electrons. The van der Waals surface area contributed by atoms with Gasteiger partial charge in [-0.2, -0.15) is 0 Å². The van der Waals surface area contributed by atoms with Crippen LogP contribution in [0.4, 0.5) is 5.69 Å². The lowest BCUT2D eigenvalue weighted by Gasteiger charge is -2.14. The molecule has 0 saturated heterocycles. The normalized spacial score (nSPS) is 16.2. The number of phenols is 1. The Balaban J connectivity index is 2.06. The fourth-order valence-corrected chi connectivity index (χ4v) is 2.63. The van der Waals surface area contributed by atoms with Gasteiger partial charge in [-0.1, -0.05) is 18.9 Å². The van der Waals surface area contributed by atoms with Crippen molar-refractivity contribution in [2.45, 2.75) is 31.7 Å². The van der Waals surface area contributed by atoms with E-state index in [-0.39, 0.29) is 5.75 Å². The van der Waals surface area contributed by atoms with Crippen LogP contribution in [0, 0.1) is 0 Å². The van der Waals surface area contributed by atoms with Crippen molar-refractivity contribution >= 4 is 5.69 Å². The molecular formula is C13H16N4O.